The molecule has 0 radical (unpaired) electrons. The molecular formula is C18H37OP. The van der Waals surface area contributed by atoms with Gasteiger partial charge in [-0.1, -0.05) is 83.6 Å². The lowest BCUT2D eigenvalue weighted by Crippen LogP contribution is -1.82. The van der Waals surface area contributed by atoms with E-state index in [1.54, 1.807) is 0 Å². The lowest BCUT2D eigenvalue weighted by Gasteiger charge is -2.02. The van der Waals surface area contributed by atoms with Crippen molar-refractivity contribution < 1.29 is 4.57 Å². The van der Waals surface area contributed by atoms with Crippen LogP contribution >= 0.6 is 7.14 Å². The van der Waals surface area contributed by atoms with E-state index in [-0.39, 0.29) is 0 Å². The average molecular weight is 300 g/mol. The van der Waals surface area contributed by atoms with E-state index < -0.39 is 7.14 Å². The number of hydrogen-bond acceptors (Lipinski definition) is 1. The number of rotatable bonds is 14. The second-order valence-corrected chi connectivity index (χ2v) is 9.66. The SMILES string of the molecule is CCCCCCCCCCCCCCC=CP(C)(C)=O. The van der Waals surface area contributed by atoms with Crippen molar-refractivity contribution in [3.05, 3.63) is 11.9 Å². The smallest absolute Gasteiger partial charge is 0.102 e. The molecule has 0 heterocycles. The molecule has 0 aromatic rings. The van der Waals surface area contributed by atoms with E-state index in [0.29, 0.717) is 0 Å². The molecule has 0 atom stereocenters. The monoisotopic (exact) mass is 300 g/mol. The Hall–Kier alpha value is -0.0300. The quantitative estimate of drug-likeness (QED) is 0.244. The Labute approximate surface area is 128 Å². The summed E-state index contributed by atoms with van der Waals surface area (Å²) in [5.41, 5.74) is 0. The zero-order chi connectivity index (χ0) is 15.1. The molecular weight excluding hydrogens is 263 g/mol. The van der Waals surface area contributed by atoms with Gasteiger partial charge in [-0.2, -0.15) is 0 Å². The normalized spacial score (nSPS) is 12.3. The summed E-state index contributed by atoms with van der Waals surface area (Å²) < 4.78 is 11.4. The highest BCUT2D eigenvalue weighted by atomic mass is 31.2. The number of hydrogen-bond donors (Lipinski definition) is 0. The highest BCUT2D eigenvalue weighted by Crippen LogP contribution is 2.37. The van der Waals surface area contributed by atoms with Crippen LogP contribution in [0.2, 0.25) is 0 Å². The Balaban J connectivity index is 3.10. The highest BCUT2D eigenvalue weighted by molar-refractivity contribution is 7.65. The first-order valence-electron chi connectivity index (χ1n) is 8.78. The molecule has 20 heavy (non-hydrogen) atoms. The molecule has 0 aliphatic rings. The van der Waals surface area contributed by atoms with Gasteiger partial charge >= 0.3 is 0 Å². The standard InChI is InChI=1S/C18H37OP/c1-4-5-6-7-8-9-10-11-12-13-14-15-16-17-18-20(2,3)19/h17-18H,4-16H2,1-3H3. The Morgan fingerprint density at radius 3 is 1.50 bits per heavy atom. The second kappa shape index (κ2) is 13.9. The Bertz CT molecular complexity index is 265. The molecule has 0 N–H and O–H groups in total. The van der Waals surface area contributed by atoms with Gasteiger partial charge in [0.1, 0.15) is 7.14 Å². The molecule has 0 amide bonds. The van der Waals surface area contributed by atoms with Crippen molar-refractivity contribution in [3.8, 4) is 0 Å². The number of unbranched alkanes of at least 4 members (excludes halogenated alkanes) is 12. The summed E-state index contributed by atoms with van der Waals surface area (Å²) in [5, 5.41) is 0. The maximum Gasteiger partial charge on any atom is 0.102 e. The Morgan fingerprint density at radius 1 is 0.700 bits per heavy atom. The van der Waals surface area contributed by atoms with Gasteiger partial charge in [-0.15, -0.1) is 0 Å². The first-order valence-corrected chi connectivity index (χ1v) is 11.5. The van der Waals surface area contributed by atoms with Crippen LogP contribution in [0.4, 0.5) is 0 Å². The maximum atomic E-state index is 11.4. The zero-order valence-electron chi connectivity index (χ0n) is 14.2. The van der Waals surface area contributed by atoms with Crippen LogP contribution in [-0.2, 0) is 4.57 Å². The lowest BCUT2D eigenvalue weighted by atomic mass is 10.0. The van der Waals surface area contributed by atoms with Gasteiger partial charge in [0.05, 0.1) is 0 Å². The molecule has 0 spiro atoms. The molecule has 0 aliphatic carbocycles. The minimum absolute atomic E-state index is 1.10. The molecule has 0 saturated carbocycles. The van der Waals surface area contributed by atoms with Crippen molar-refractivity contribution in [2.45, 2.75) is 90.4 Å². The first kappa shape index (κ1) is 20.0. The molecule has 0 aromatic heterocycles. The van der Waals surface area contributed by atoms with Gasteiger partial charge < -0.3 is 4.57 Å². The Kier molecular flexibility index (Phi) is 13.9. The molecule has 2 heteroatoms. The predicted octanol–water partition coefficient (Wildman–Crippen LogP) is 7.21. The second-order valence-electron chi connectivity index (χ2n) is 6.50. The minimum atomic E-state index is -1.93. The van der Waals surface area contributed by atoms with E-state index in [1.807, 2.05) is 19.1 Å². The molecule has 0 saturated heterocycles. The van der Waals surface area contributed by atoms with E-state index in [1.165, 1.54) is 77.0 Å². The van der Waals surface area contributed by atoms with Gasteiger partial charge in [-0.05, 0) is 32.0 Å². The summed E-state index contributed by atoms with van der Waals surface area (Å²) in [7, 11) is -1.93. The van der Waals surface area contributed by atoms with E-state index in [0.717, 1.165) is 6.42 Å². The van der Waals surface area contributed by atoms with E-state index in [2.05, 4.69) is 13.0 Å². The molecule has 120 valence electrons. The molecule has 0 unspecified atom stereocenters. The van der Waals surface area contributed by atoms with Crippen molar-refractivity contribution >= 4 is 7.14 Å². The van der Waals surface area contributed by atoms with Gasteiger partial charge in [-0.25, -0.2) is 0 Å². The van der Waals surface area contributed by atoms with Crippen LogP contribution in [-0.4, -0.2) is 13.3 Å². The Morgan fingerprint density at radius 2 is 1.10 bits per heavy atom. The largest absolute Gasteiger partial charge is 0.320 e. The molecule has 0 fully saturated rings. The zero-order valence-corrected chi connectivity index (χ0v) is 15.1. The maximum absolute atomic E-state index is 11.4. The minimum Gasteiger partial charge on any atom is -0.320 e. The van der Waals surface area contributed by atoms with Crippen molar-refractivity contribution in [1.29, 1.82) is 0 Å². The fourth-order valence-electron chi connectivity index (χ4n) is 2.43. The van der Waals surface area contributed by atoms with E-state index >= 15 is 0 Å². The number of allylic oxidation sites excluding steroid dienone is 1. The third-order valence-corrected chi connectivity index (χ3v) is 4.62. The van der Waals surface area contributed by atoms with Crippen molar-refractivity contribution in [3.63, 3.8) is 0 Å². The summed E-state index contributed by atoms with van der Waals surface area (Å²) in [6.07, 6.45) is 20.0. The third-order valence-electron chi connectivity index (χ3n) is 3.69. The van der Waals surface area contributed by atoms with Crippen LogP contribution in [0.15, 0.2) is 11.9 Å². The molecule has 0 aromatic carbocycles. The highest BCUT2D eigenvalue weighted by Gasteiger charge is 1.98. The van der Waals surface area contributed by atoms with Crippen molar-refractivity contribution in [2.24, 2.45) is 0 Å². The summed E-state index contributed by atoms with van der Waals surface area (Å²) >= 11 is 0. The van der Waals surface area contributed by atoms with Crippen LogP contribution in [0.1, 0.15) is 90.4 Å². The first-order chi connectivity index (χ1) is 9.56. The fraction of sp³-hybridized carbons (Fsp3) is 0.889. The van der Waals surface area contributed by atoms with Crippen molar-refractivity contribution in [1.82, 2.24) is 0 Å². The summed E-state index contributed by atoms with van der Waals surface area (Å²) in [4.78, 5) is 0. The third kappa shape index (κ3) is 18.0. The summed E-state index contributed by atoms with van der Waals surface area (Å²) in [6.45, 7) is 5.93. The van der Waals surface area contributed by atoms with Gasteiger partial charge in [0.2, 0.25) is 0 Å². The summed E-state index contributed by atoms with van der Waals surface area (Å²) in [5.74, 6) is 1.91. The average Bonchev–Trinajstić information content (AvgIpc) is 2.38. The van der Waals surface area contributed by atoms with Gasteiger partial charge in [0.15, 0.2) is 0 Å². The molecule has 0 bridgehead atoms. The van der Waals surface area contributed by atoms with E-state index in [4.69, 9.17) is 0 Å². The van der Waals surface area contributed by atoms with Gasteiger partial charge in [0.25, 0.3) is 0 Å². The lowest BCUT2D eigenvalue weighted by molar-refractivity contribution is 0.545. The predicted molar refractivity (Wildman–Crippen MR) is 94.3 cm³/mol. The van der Waals surface area contributed by atoms with Crippen molar-refractivity contribution in [2.75, 3.05) is 13.3 Å². The fourth-order valence-corrected chi connectivity index (χ4v) is 3.09. The van der Waals surface area contributed by atoms with Crippen LogP contribution < -0.4 is 0 Å². The molecule has 0 aliphatic heterocycles. The van der Waals surface area contributed by atoms with Crippen LogP contribution in [0.3, 0.4) is 0 Å². The topological polar surface area (TPSA) is 17.1 Å². The van der Waals surface area contributed by atoms with Crippen LogP contribution in [0.25, 0.3) is 0 Å². The van der Waals surface area contributed by atoms with Gasteiger partial charge in [0, 0.05) is 0 Å². The van der Waals surface area contributed by atoms with Crippen LogP contribution in [0.5, 0.6) is 0 Å². The molecule has 1 nitrogen and oxygen atoms in total. The van der Waals surface area contributed by atoms with E-state index in [9.17, 15) is 4.57 Å². The van der Waals surface area contributed by atoms with Crippen LogP contribution in [0, 0.1) is 0 Å². The summed E-state index contributed by atoms with van der Waals surface area (Å²) in [6, 6.07) is 0. The van der Waals surface area contributed by atoms with Gasteiger partial charge in [-0.3, -0.25) is 0 Å². The molecule has 0 rings (SSSR count).